The van der Waals surface area contributed by atoms with Crippen LogP contribution >= 0.6 is 0 Å². The van der Waals surface area contributed by atoms with Gasteiger partial charge in [0, 0.05) is 18.4 Å². The van der Waals surface area contributed by atoms with Crippen LogP contribution in [0.1, 0.15) is 51.4 Å². The van der Waals surface area contributed by atoms with Crippen LogP contribution in [0.5, 0.6) is 0 Å². The maximum atomic E-state index is 12.0. The van der Waals surface area contributed by atoms with Gasteiger partial charge >= 0.3 is 6.18 Å². The van der Waals surface area contributed by atoms with Crippen molar-refractivity contribution >= 4 is 10.0 Å². The molecule has 0 aromatic carbocycles. The first-order chi connectivity index (χ1) is 9.62. The van der Waals surface area contributed by atoms with Gasteiger partial charge in [-0.2, -0.15) is 13.2 Å². The van der Waals surface area contributed by atoms with Gasteiger partial charge in [0.1, 0.15) is 0 Å². The summed E-state index contributed by atoms with van der Waals surface area (Å²) >= 11 is 0. The van der Waals surface area contributed by atoms with Crippen molar-refractivity contribution in [3.8, 4) is 0 Å². The predicted molar refractivity (Wildman–Crippen MR) is 74.2 cm³/mol. The van der Waals surface area contributed by atoms with E-state index in [1.165, 1.54) is 0 Å². The molecule has 0 heterocycles. The molecule has 0 aromatic rings. The average Bonchev–Trinajstić information content (AvgIpc) is 2.51. The minimum Gasteiger partial charge on any atom is -0.381 e. The summed E-state index contributed by atoms with van der Waals surface area (Å²) in [6.07, 6.45) is 0.128. The first-order valence-corrected chi connectivity index (χ1v) is 8.99. The number of hydrogen-bond donors (Lipinski definition) is 1. The Balaban J connectivity index is 2.49. The van der Waals surface area contributed by atoms with Crippen LogP contribution in [0.2, 0.25) is 0 Å². The third-order valence-electron chi connectivity index (χ3n) is 3.83. The molecule has 0 spiro atoms. The second-order valence-electron chi connectivity index (χ2n) is 5.99. The van der Waals surface area contributed by atoms with E-state index in [4.69, 9.17) is 9.88 Å². The first-order valence-electron chi connectivity index (χ1n) is 7.27. The molecule has 0 unspecified atom stereocenters. The maximum Gasteiger partial charge on any atom is 0.389 e. The quantitative estimate of drug-likeness (QED) is 0.576. The monoisotopic (exact) mass is 331 g/mol. The zero-order valence-corrected chi connectivity index (χ0v) is 12.9. The van der Waals surface area contributed by atoms with E-state index in [-0.39, 0.29) is 25.4 Å². The smallest absolute Gasteiger partial charge is 0.381 e. The van der Waals surface area contributed by atoms with Gasteiger partial charge < -0.3 is 4.74 Å². The molecule has 2 N–H and O–H groups in total. The number of hydrogen-bond acceptors (Lipinski definition) is 3. The maximum absolute atomic E-state index is 12.0. The van der Waals surface area contributed by atoms with Crippen molar-refractivity contribution in [1.82, 2.24) is 0 Å². The van der Waals surface area contributed by atoms with Gasteiger partial charge in [-0.25, -0.2) is 13.6 Å². The van der Waals surface area contributed by atoms with Crippen LogP contribution < -0.4 is 5.14 Å². The number of sulfonamides is 1. The van der Waals surface area contributed by atoms with E-state index in [9.17, 15) is 21.6 Å². The van der Waals surface area contributed by atoms with Gasteiger partial charge in [0.2, 0.25) is 10.0 Å². The lowest BCUT2D eigenvalue weighted by Gasteiger charge is -2.31. The van der Waals surface area contributed by atoms with E-state index in [1.807, 2.05) is 0 Å². The van der Waals surface area contributed by atoms with E-state index in [0.717, 1.165) is 25.7 Å². The second-order valence-corrected chi connectivity index (χ2v) is 7.61. The molecule has 0 atom stereocenters. The van der Waals surface area contributed by atoms with E-state index in [2.05, 4.69) is 0 Å². The second kappa shape index (κ2) is 7.78. The van der Waals surface area contributed by atoms with Crippen LogP contribution in [-0.4, -0.2) is 33.6 Å². The summed E-state index contributed by atoms with van der Waals surface area (Å²) in [7, 11) is -3.62. The Hall–Kier alpha value is -0.340. The van der Waals surface area contributed by atoms with Crippen LogP contribution in [0.15, 0.2) is 0 Å². The lowest BCUT2D eigenvalue weighted by atomic mass is 9.83. The Morgan fingerprint density at radius 1 is 1.10 bits per heavy atom. The molecule has 1 aliphatic rings. The molecule has 0 aromatic heterocycles. The summed E-state index contributed by atoms with van der Waals surface area (Å²) < 4.78 is 64.3. The number of ether oxygens (including phenoxy) is 1. The van der Waals surface area contributed by atoms with E-state index < -0.39 is 28.0 Å². The summed E-state index contributed by atoms with van der Waals surface area (Å²) in [5, 5.41) is 5.16. The van der Waals surface area contributed by atoms with Crippen molar-refractivity contribution in [2.75, 3.05) is 19.0 Å². The van der Waals surface area contributed by atoms with Gasteiger partial charge in [-0.05, 0) is 19.3 Å². The number of halogens is 3. The highest BCUT2D eigenvalue weighted by Gasteiger charge is 2.35. The highest BCUT2D eigenvalue weighted by Crippen LogP contribution is 2.36. The van der Waals surface area contributed by atoms with E-state index in [0.29, 0.717) is 12.8 Å². The minimum absolute atomic E-state index is 0.00806. The van der Waals surface area contributed by atoms with Crippen LogP contribution in [0.4, 0.5) is 13.2 Å². The van der Waals surface area contributed by atoms with Gasteiger partial charge in [-0.3, -0.25) is 0 Å². The molecule has 0 radical (unpaired) electrons. The zero-order chi connectivity index (χ0) is 16.0. The van der Waals surface area contributed by atoms with Crippen molar-refractivity contribution in [3.63, 3.8) is 0 Å². The number of alkyl halides is 3. The summed E-state index contributed by atoms with van der Waals surface area (Å²) in [5.74, 6) is -0.154. The SMILES string of the molecule is NS(=O)(=O)CC1(COCCCC(F)(F)F)CCCCCC1. The molecule has 0 bridgehead atoms. The summed E-state index contributed by atoms with van der Waals surface area (Å²) in [6.45, 7) is 0.160. The Morgan fingerprint density at radius 3 is 2.14 bits per heavy atom. The van der Waals surface area contributed by atoms with Gasteiger partial charge in [0.05, 0.1) is 12.4 Å². The molecule has 1 rings (SSSR count). The number of nitrogens with two attached hydrogens (primary N) is 1. The normalized spacial score (nSPS) is 20.2. The molecule has 0 amide bonds. The van der Waals surface area contributed by atoms with Crippen LogP contribution in [0, 0.1) is 5.41 Å². The molecular formula is C13H24F3NO3S. The number of rotatable bonds is 7. The minimum atomic E-state index is -4.18. The molecule has 1 aliphatic carbocycles. The Bertz CT molecular complexity index is 401. The van der Waals surface area contributed by atoms with Crippen molar-refractivity contribution in [3.05, 3.63) is 0 Å². The molecule has 0 aliphatic heterocycles. The fourth-order valence-electron chi connectivity index (χ4n) is 2.90. The lowest BCUT2D eigenvalue weighted by Crippen LogP contribution is -2.37. The van der Waals surface area contributed by atoms with Crippen molar-refractivity contribution < 1.29 is 26.3 Å². The highest BCUT2D eigenvalue weighted by molar-refractivity contribution is 7.89. The van der Waals surface area contributed by atoms with Gasteiger partial charge in [-0.1, -0.05) is 25.7 Å². The van der Waals surface area contributed by atoms with Crippen LogP contribution in [0.25, 0.3) is 0 Å². The van der Waals surface area contributed by atoms with Crippen molar-refractivity contribution in [2.24, 2.45) is 10.6 Å². The Labute approximate surface area is 124 Å². The molecule has 8 heteroatoms. The standard InChI is InChI=1S/C13H24F3NO3S/c14-13(15,16)8-5-9-20-10-12(11-21(17,18)19)6-3-1-2-4-7-12/h1-11H2,(H2,17,18,19). The molecular weight excluding hydrogens is 307 g/mol. The molecule has 126 valence electrons. The topological polar surface area (TPSA) is 69.4 Å². The fraction of sp³-hybridized carbons (Fsp3) is 1.00. The fourth-order valence-corrected chi connectivity index (χ4v) is 4.12. The zero-order valence-electron chi connectivity index (χ0n) is 12.1. The van der Waals surface area contributed by atoms with Crippen LogP contribution in [-0.2, 0) is 14.8 Å². The van der Waals surface area contributed by atoms with E-state index in [1.54, 1.807) is 0 Å². The summed E-state index contributed by atoms with van der Waals surface area (Å²) in [4.78, 5) is 0. The summed E-state index contributed by atoms with van der Waals surface area (Å²) in [5.41, 5.74) is -0.539. The predicted octanol–water partition coefficient (Wildman–Crippen LogP) is 2.97. The van der Waals surface area contributed by atoms with Gasteiger partial charge in [0.25, 0.3) is 0 Å². The summed E-state index contributed by atoms with van der Waals surface area (Å²) in [6, 6.07) is 0. The Morgan fingerprint density at radius 2 is 1.67 bits per heavy atom. The third kappa shape index (κ3) is 8.63. The molecule has 1 saturated carbocycles. The first kappa shape index (κ1) is 18.7. The highest BCUT2D eigenvalue weighted by atomic mass is 32.2. The molecule has 4 nitrogen and oxygen atoms in total. The van der Waals surface area contributed by atoms with Gasteiger partial charge in [0.15, 0.2) is 0 Å². The largest absolute Gasteiger partial charge is 0.389 e. The molecule has 21 heavy (non-hydrogen) atoms. The van der Waals surface area contributed by atoms with Crippen molar-refractivity contribution in [2.45, 2.75) is 57.5 Å². The third-order valence-corrected chi connectivity index (χ3v) is 4.84. The molecule has 0 saturated heterocycles. The van der Waals surface area contributed by atoms with Gasteiger partial charge in [-0.15, -0.1) is 0 Å². The number of primary sulfonamides is 1. The Kier molecular flexibility index (Phi) is 6.93. The van der Waals surface area contributed by atoms with Crippen molar-refractivity contribution in [1.29, 1.82) is 0 Å². The van der Waals surface area contributed by atoms with E-state index >= 15 is 0 Å². The van der Waals surface area contributed by atoms with Crippen LogP contribution in [0.3, 0.4) is 0 Å². The molecule has 1 fully saturated rings. The lowest BCUT2D eigenvalue weighted by molar-refractivity contribution is -0.138. The average molecular weight is 331 g/mol.